The molecule has 4 heteroatoms. The number of hydrogen-bond acceptors (Lipinski definition) is 3. The minimum atomic E-state index is 0.111. The lowest BCUT2D eigenvalue weighted by Gasteiger charge is -2.29. The summed E-state index contributed by atoms with van der Waals surface area (Å²) in [4.78, 5) is 5.68. The molecule has 1 aliphatic rings. The molecule has 2 aromatic rings. The maximum atomic E-state index is 6.46. The number of thioether (sulfide) groups is 1. The van der Waals surface area contributed by atoms with E-state index in [2.05, 4.69) is 11.1 Å². The van der Waals surface area contributed by atoms with Crippen molar-refractivity contribution in [2.24, 2.45) is 5.73 Å². The first-order valence-corrected chi connectivity index (χ1v) is 8.69. The molecular weight excluding hydrogens is 300 g/mol. The average Bonchev–Trinajstić information content (AvgIpc) is 2.53. The zero-order valence-corrected chi connectivity index (χ0v) is 13.4. The quantitative estimate of drug-likeness (QED) is 0.855. The van der Waals surface area contributed by atoms with Gasteiger partial charge in [0, 0.05) is 34.5 Å². The van der Waals surface area contributed by atoms with Gasteiger partial charge in [-0.3, -0.25) is 4.98 Å². The molecule has 1 aromatic heterocycles. The van der Waals surface area contributed by atoms with Gasteiger partial charge in [-0.25, -0.2) is 0 Å². The molecule has 2 nitrogen and oxygen atoms in total. The summed E-state index contributed by atoms with van der Waals surface area (Å²) in [6.45, 7) is 0. The van der Waals surface area contributed by atoms with Crippen LogP contribution in [0.2, 0.25) is 5.02 Å². The highest BCUT2D eigenvalue weighted by atomic mass is 35.5. The predicted octanol–water partition coefficient (Wildman–Crippen LogP) is 4.27. The summed E-state index contributed by atoms with van der Waals surface area (Å²) in [5.74, 6) is 1.23. The Labute approximate surface area is 135 Å². The van der Waals surface area contributed by atoms with Crippen molar-refractivity contribution in [1.82, 2.24) is 4.98 Å². The number of nitrogens with two attached hydrogens (primary N) is 1. The lowest BCUT2D eigenvalue weighted by Crippen LogP contribution is -2.33. The standard InChI is InChI=1S/C17H19ClN2S/c18-14-8-1-2-9-16(14)21-11-15(19)13-7-3-5-12-6-4-10-20-17(12)13/h1-2,4,6,8-10,13,15H,3,5,7,11,19H2. The molecule has 1 aromatic carbocycles. The largest absolute Gasteiger partial charge is 0.326 e. The Hall–Kier alpha value is -1.03. The van der Waals surface area contributed by atoms with Gasteiger partial charge in [-0.2, -0.15) is 0 Å². The van der Waals surface area contributed by atoms with E-state index in [9.17, 15) is 0 Å². The molecule has 0 aliphatic heterocycles. The second-order valence-corrected chi connectivity index (χ2v) is 6.92. The Morgan fingerprint density at radius 3 is 3.00 bits per heavy atom. The first-order chi connectivity index (χ1) is 10.3. The normalized spacial score (nSPS) is 19.0. The summed E-state index contributed by atoms with van der Waals surface area (Å²) < 4.78 is 0. The smallest absolute Gasteiger partial charge is 0.0541 e. The number of benzene rings is 1. The number of nitrogens with zero attached hydrogens (tertiary/aromatic N) is 1. The third-order valence-electron chi connectivity index (χ3n) is 4.02. The Bertz CT molecular complexity index is 617. The number of hydrogen-bond donors (Lipinski definition) is 1. The van der Waals surface area contributed by atoms with Gasteiger partial charge in [-0.05, 0) is 43.0 Å². The summed E-state index contributed by atoms with van der Waals surface area (Å²) in [6, 6.07) is 12.2. The van der Waals surface area contributed by atoms with Crippen molar-refractivity contribution in [3.05, 3.63) is 58.9 Å². The second-order valence-electron chi connectivity index (χ2n) is 5.45. The predicted molar refractivity (Wildman–Crippen MR) is 90.1 cm³/mol. The van der Waals surface area contributed by atoms with Gasteiger partial charge in [0.15, 0.2) is 0 Å². The zero-order valence-electron chi connectivity index (χ0n) is 11.8. The maximum Gasteiger partial charge on any atom is 0.0541 e. The molecule has 0 saturated heterocycles. The molecule has 3 rings (SSSR count). The van der Waals surface area contributed by atoms with E-state index in [1.807, 2.05) is 36.5 Å². The lowest BCUT2D eigenvalue weighted by atomic mass is 9.83. The molecule has 2 atom stereocenters. The van der Waals surface area contributed by atoms with Crippen LogP contribution in [-0.2, 0) is 6.42 Å². The summed E-state index contributed by atoms with van der Waals surface area (Å²) in [5.41, 5.74) is 9.03. The van der Waals surface area contributed by atoms with Gasteiger partial charge in [0.1, 0.15) is 0 Å². The summed E-state index contributed by atoms with van der Waals surface area (Å²) >= 11 is 7.94. The van der Waals surface area contributed by atoms with Crippen molar-refractivity contribution in [2.75, 3.05) is 5.75 Å². The van der Waals surface area contributed by atoms with Gasteiger partial charge < -0.3 is 5.73 Å². The van der Waals surface area contributed by atoms with Crippen molar-refractivity contribution in [3.63, 3.8) is 0 Å². The van der Waals surface area contributed by atoms with Gasteiger partial charge in [-0.1, -0.05) is 29.8 Å². The zero-order chi connectivity index (χ0) is 14.7. The fraction of sp³-hybridized carbons (Fsp3) is 0.353. The molecule has 0 spiro atoms. The molecule has 2 N–H and O–H groups in total. The van der Waals surface area contributed by atoms with Gasteiger partial charge in [0.05, 0.1) is 5.02 Å². The van der Waals surface area contributed by atoms with Crippen LogP contribution in [0.15, 0.2) is 47.5 Å². The highest BCUT2D eigenvalue weighted by Gasteiger charge is 2.26. The molecule has 0 radical (unpaired) electrons. The molecule has 2 unspecified atom stereocenters. The SMILES string of the molecule is NC(CSc1ccccc1Cl)C1CCCc2cccnc21. The van der Waals surface area contributed by atoms with E-state index in [1.165, 1.54) is 17.7 Å². The van der Waals surface area contributed by atoms with Gasteiger partial charge in [0.2, 0.25) is 0 Å². The fourth-order valence-electron chi connectivity index (χ4n) is 2.93. The average molecular weight is 319 g/mol. The van der Waals surface area contributed by atoms with Crippen molar-refractivity contribution >= 4 is 23.4 Å². The Kier molecular flexibility index (Phi) is 4.84. The van der Waals surface area contributed by atoms with Gasteiger partial charge in [0.25, 0.3) is 0 Å². The third kappa shape index (κ3) is 3.42. The molecule has 21 heavy (non-hydrogen) atoms. The maximum absolute atomic E-state index is 6.46. The molecule has 0 saturated carbocycles. The van der Waals surface area contributed by atoms with Crippen LogP contribution in [0, 0.1) is 0 Å². The lowest BCUT2D eigenvalue weighted by molar-refractivity contribution is 0.477. The highest BCUT2D eigenvalue weighted by Crippen LogP contribution is 2.34. The van der Waals surface area contributed by atoms with Crippen LogP contribution >= 0.6 is 23.4 Å². The van der Waals surface area contributed by atoms with Crippen LogP contribution in [0.3, 0.4) is 0 Å². The monoisotopic (exact) mass is 318 g/mol. The second kappa shape index (κ2) is 6.82. The van der Waals surface area contributed by atoms with Crippen LogP contribution in [0.1, 0.15) is 30.0 Å². The fourth-order valence-corrected chi connectivity index (χ4v) is 4.21. The van der Waals surface area contributed by atoms with Crippen molar-refractivity contribution in [1.29, 1.82) is 0 Å². The molecule has 0 amide bonds. The van der Waals surface area contributed by atoms with E-state index in [0.29, 0.717) is 5.92 Å². The first kappa shape index (κ1) is 14.9. The summed E-state index contributed by atoms with van der Waals surface area (Å²) in [6.07, 6.45) is 5.34. The van der Waals surface area contributed by atoms with Crippen molar-refractivity contribution in [2.45, 2.75) is 36.1 Å². The minimum Gasteiger partial charge on any atom is -0.326 e. The topological polar surface area (TPSA) is 38.9 Å². The van der Waals surface area contributed by atoms with E-state index >= 15 is 0 Å². The molecule has 0 bridgehead atoms. The molecule has 1 aliphatic carbocycles. The van der Waals surface area contributed by atoms with E-state index < -0.39 is 0 Å². The molecule has 1 heterocycles. The van der Waals surface area contributed by atoms with Crippen LogP contribution in [-0.4, -0.2) is 16.8 Å². The van der Waals surface area contributed by atoms with Crippen LogP contribution < -0.4 is 5.73 Å². The number of rotatable bonds is 4. The van der Waals surface area contributed by atoms with Gasteiger partial charge in [-0.15, -0.1) is 11.8 Å². The van der Waals surface area contributed by atoms with Crippen LogP contribution in [0.5, 0.6) is 0 Å². The van der Waals surface area contributed by atoms with Crippen molar-refractivity contribution in [3.8, 4) is 0 Å². The number of aromatic nitrogens is 1. The number of pyridine rings is 1. The Morgan fingerprint density at radius 1 is 1.29 bits per heavy atom. The third-order valence-corrected chi connectivity index (χ3v) is 5.68. The van der Waals surface area contributed by atoms with Gasteiger partial charge >= 0.3 is 0 Å². The Morgan fingerprint density at radius 2 is 2.14 bits per heavy atom. The molecular formula is C17H19ClN2S. The van der Waals surface area contributed by atoms with Crippen molar-refractivity contribution < 1.29 is 0 Å². The first-order valence-electron chi connectivity index (χ1n) is 7.32. The van der Waals surface area contributed by atoms with E-state index in [4.69, 9.17) is 17.3 Å². The molecule has 110 valence electrons. The number of fused-ring (bicyclic) bond motifs is 1. The molecule has 0 fully saturated rings. The van der Waals surface area contributed by atoms with E-state index in [-0.39, 0.29) is 6.04 Å². The summed E-state index contributed by atoms with van der Waals surface area (Å²) in [5, 5.41) is 0.803. The summed E-state index contributed by atoms with van der Waals surface area (Å²) in [7, 11) is 0. The highest BCUT2D eigenvalue weighted by molar-refractivity contribution is 7.99. The van der Waals surface area contributed by atoms with E-state index in [1.54, 1.807) is 11.8 Å². The minimum absolute atomic E-state index is 0.111. The van der Waals surface area contributed by atoms with Crippen LogP contribution in [0.25, 0.3) is 0 Å². The number of aryl methyl sites for hydroxylation is 1. The Balaban J connectivity index is 1.69. The van der Waals surface area contributed by atoms with Crippen LogP contribution in [0.4, 0.5) is 0 Å². The number of halogens is 1. The van der Waals surface area contributed by atoms with E-state index in [0.717, 1.165) is 28.5 Å².